The lowest BCUT2D eigenvalue weighted by Gasteiger charge is -2.24. The van der Waals surface area contributed by atoms with Crippen LogP contribution in [0.3, 0.4) is 0 Å². The number of rotatable bonds is 9. The molecule has 0 saturated heterocycles. The lowest BCUT2D eigenvalue weighted by Crippen LogP contribution is -2.28. The largest absolute Gasteiger partial charge is 0.314 e. The summed E-state index contributed by atoms with van der Waals surface area (Å²) in [6, 6.07) is 0. The molecule has 1 rings (SSSR count). The molecule has 4 heteroatoms. The molecule has 0 bridgehead atoms. The molecular weight excluding hydrogens is 242 g/mol. The van der Waals surface area contributed by atoms with Crippen LogP contribution in [-0.4, -0.2) is 30.0 Å². The first-order valence-corrected chi connectivity index (χ1v) is 7.91. The van der Waals surface area contributed by atoms with Crippen LogP contribution in [0.2, 0.25) is 0 Å². The fourth-order valence-electron chi connectivity index (χ4n) is 2.10. The van der Waals surface area contributed by atoms with Gasteiger partial charge in [0.2, 0.25) is 0 Å². The average Bonchev–Trinajstić information content (AvgIpc) is 2.82. The third-order valence-electron chi connectivity index (χ3n) is 3.43. The third kappa shape index (κ3) is 5.04. The van der Waals surface area contributed by atoms with Gasteiger partial charge in [0.1, 0.15) is 5.01 Å². The Bertz CT molecular complexity index is 321. The Morgan fingerprint density at radius 1 is 1.33 bits per heavy atom. The zero-order chi connectivity index (χ0) is 13.4. The maximum absolute atomic E-state index is 4.66. The molecule has 0 fully saturated rings. The Hall–Kier alpha value is -0.450. The Labute approximate surface area is 116 Å². The first-order valence-electron chi connectivity index (χ1n) is 7.03. The molecule has 0 amide bonds. The highest BCUT2D eigenvalue weighted by molar-refractivity contribution is 7.09. The molecule has 104 valence electrons. The molecule has 0 aromatic carbocycles. The van der Waals surface area contributed by atoms with Crippen LogP contribution in [0, 0.1) is 5.92 Å². The lowest BCUT2D eigenvalue weighted by molar-refractivity contribution is 0.224. The van der Waals surface area contributed by atoms with Crippen molar-refractivity contribution in [3.63, 3.8) is 0 Å². The highest BCUT2D eigenvalue weighted by atomic mass is 32.1. The number of aromatic nitrogens is 1. The molecule has 0 atom stereocenters. The molecule has 1 aromatic heterocycles. The van der Waals surface area contributed by atoms with Crippen molar-refractivity contribution >= 4 is 11.3 Å². The number of hydrogen-bond acceptors (Lipinski definition) is 4. The predicted molar refractivity (Wildman–Crippen MR) is 79.9 cm³/mol. The zero-order valence-electron chi connectivity index (χ0n) is 12.2. The summed E-state index contributed by atoms with van der Waals surface area (Å²) in [7, 11) is 1.96. The summed E-state index contributed by atoms with van der Waals surface area (Å²) in [5, 5.41) is 6.53. The molecule has 3 nitrogen and oxygen atoms in total. The molecule has 0 spiro atoms. The van der Waals surface area contributed by atoms with Crippen molar-refractivity contribution in [3.8, 4) is 0 Å². The number of nitrogens with zero attached hydrogens (tertiary/aromatic N) is 2. The van der Waals surface area contributed by atoms with E-state index in [9.17, 15) is 0 Å². The van der Waals surface area contributed by atoms with Gasteiger partial charge in [0.05, 0.1) is 5.69 Å². The van der Waals surface area contributed by atoms with Crippen LogP contribution in [0.1, 0.15) is 44.3 Å². The minimum absolute atomic E-state index is 0.820. The second-order valence-electron chi connectivity index (χ2n) is 4.77. The van der Waals surface area contributed by atoms with Crippen molar-refractivity contribution in [2.45, 2.75) is 46.7 Å². The van der Waals surface area contributed by atoms with E-state index in [2.05, 4.69) is 41.4 Å². The summed E-state index contributed by atoms with van der Waals surface area (Å²) < 4.78 is 0. The highest BCUT2D eigenvalue weighted by Gasteiger charge is 2.11. The molecule has 0 aliphatic rings. The summed E-state index contributed by atoms with van der Waals surface area (Å²) in [6.45, 7) is 11.0. The van der Waals surface area contributed by atoms with Gasteiger partial charge in [-0.15, -0.1) is 11.3 Å². The van der Waals surface area contributed by atoms with Crippen molar-refractivity contribution in [2.75, 3.05) is 20.1 Å². The van der Waals surface area contributed by atoms with E-state index in [1.54, 1.807) is 11.3 Å². The summed E-state index contributed by atoms with van der Waals surface area (Å²) in [6.07, 6.45) is 2.55. The molecule has 1 heterocycles. The zero-order valence-corrected chi connectivity index (χ0v) is 13.0. The standard InChI is InChI=1S/C14H27N3S/c1-5-12(6-2)9-17(7-3)10-13-11-18-14(16-13)8-15-4/h11-12,15H,5-10H2,1-4H3. The van der Waals surface area contributed by atoms with Crippen LogP contribution >= 0.6 is 11.3 Å². The smallest absolute Gasteiger partial charge is 0.107 e. The summed E-state index contributed by atoms with van der Waals surface area (Å²) in [5.74, 6) is 0.820. The van der Waals surface area contributed by atoms with Crippen molar-refractivity contribution in [1.29, 1.82) is 0 Å². The van der Waals surface area contributed by atoms with Gasteiger partial charge in [-0.2, -0.15) is 0 Å². The van der Waals surface area contributed by atoms with Crippen LogP contribution in [0.25, 0.3) is 0 Å². The van der Waals surface area contributed by atoms with Crippen molar-refractivity contribution < 1.29 is 0 Å². The van der Waals surface area contributed by atoms with Crippen LogP contribution < -0.4 is 5.32 Å². The van der Waals surface area contributed by atoms with Crippen LogP contribution in [0.4, 0.5) is 0 Å². The van der Waals surface area contributed by atoms with Gasteiger partial charge in [-0.3, -0.25) is 4.90 Å². The average molecular weight is 269 g/mol. The SMILES string of the molecule is CCC(CC)CN(CC)Cc1csc(CNC)n1. The Morgan fingerprint density at radius 3 is 2.61 bits per heavy atom. The molecule has 0 aliphatic carbocycles. The number of nitrogens with one attached hydrogen (secondary N) is 1. The van der Waals surface area contributed by atoms with Gasteiger partial charge in [-0.25, -0.2) is 4.98 Å². The fraction of sp³-hybridized carbons (Fsp3) is 0.786. The molecule has 1 N–H and O–H groups in total. The Morgan fingerprint density at radius 2 is 2.06 bits per heavy atom. The van der Waals surface area contributed by atoms with E-state index in [1.165, 1.54) is 30.1 Å². The van der Waals surface area contributed by atoms with E-state index < -0.39 is 0 Å². The van der Waals surface area contributed by atoms with Gasteiger partial charge < -0.3 is 5.32 Å². The second-order valence-corrected chi connectivity index (χ2v) is 5.72. The number of hydrogen-bond donors (Lipinski definition) is 1. The molecule has 0 saturated carbocycles. The van der Waals surface area contributed by atoms with Crippen molar-refractivity contribution in [1.82, 2.24) is 15.2 Å². The van der Waals surface area contributed by atoms with Gasteiger partial charge in [-0.1, -0.05) is 33.6 Å². The normalized spacial score (nSPS) is 11.7. The van der Waals surface area contributed by atoms with E-state index in [-0.39, 0.29) is 0 Å². The Kier molecular flexibility index (Phi) is 7.47. The first-order chi connectivity index (χ1) is 8.73. The molecule has 0 aliphatic heterocycles. The van der Waals surface area contributed by atoms with Crippen molar-refractivity contribution in [2.24, 2.45) is 5.92 Å². The van der Waals surface area contributed by atoms with E-state index in [0.29, 0.717) is 0 Å². The van der Waals surface area contributed by atoms with Crippen LogP contribution in [0.15, 0.2) is 5.38 Å². The van der Waals surface area contributed by atoms with E-state index >= 15 is 0 Å². The molecule has 1 aromatic rings. The second kappa shape index (κ2) is 8.62. The monoisotopic (exact) mass is 269 g/mol. The molecule has 0 unspecified atom stereocenters. The maximum atomic E-state index is 4.66. The predicted octanol–water partition coefficient (Wildman–Crippen LogP) is 3.12. The topological polar surface area (TPSA) is 28.2 Å². The van der Waals surface area contributed by atoms with Gasteiger partial charge >= 0.3 is 0 Å². The quantitative estimate of drug-likeness (QED) is 0.746. The lowest BCUT2D eigenvalue weighted by atomic mass is 10.0. The third-order valence-corrected chi connectivity index (χ3v) is 4.33. The maximum Gasteiger partial charge on any atom is 0.107 e. The molecular formula is C14H27N3S. The van der Waals surface area contributed by atoms with Gasteiger partial charge in [0.25, 0.3) is 0 Å². The van der Waals surface area contributed by atoms with E-state index in [1.807, 2.05) is 7.05 Å². The fourth-order valence-corrected chi connectivity index (χ4v) is 2.90. The summed E-state index contributed by atoms with van der Waals surface area (Å²) in [4.78, 5) is 7.17. The molecule has 18 heavy (non-hydrogen) atoms. The van der Waals surface area contributed by atoms with Crippen molar-refractivity contribution in [3.05, 3.63) is 16.1 Å². The first kappa shape index (κ1) is 15.6. The van der Waals surface area contributed by atoms with Gasteiger partial charge in [0.15, 0.2) is 0 Å². The molecule has 0 radical (unpaired) electrons. The van der Waals surface area contributed by atoms with Crippen LogP contribution in [-0.2, 0) is 13.1 Å². The van der Waals surface area contributed by atoms with E-state index in [4.69, 9.17) is 0 Å². The minimum Gasteiger partial charge on any atom is -0.314 e. The highest BCUT2D eigenvalue weighted by Crippen LogP contribution is 2.15. The van der Waals surface area contributed by atoms with E-state index in [0.717, 1.165) is 25.6 Å². The Balaban J connectivity index is 2.50. The summed E-state index contributed by atoms with van der Waals surface area (Å²) in [5.41, 5.74) is 1.22. The van der Waals surface area contributed by atoms with Crippen LogP contribution in [0.5, 0.6) is 0 Å². The number of thiazole rings is 1. The van der Waals surface area contributed by atoms with Gasteiger partial charge in [0, 0.05) is 25.0 Å². The van der Waals surface area contributed by atoms with Gasteiger partial charge in [-0.05, 0) is 19.5 Å². The summed E-state index contributed by atoms with van der Waals surface area (Å²) >= 11 is 1.76. The minimum atomic E-state index is 0.820.